The predicted octanol–water partition coefficient (Wildman–Crippen LogP) is 1.26. The third-order valence-corrected chi connectivity index (χ3v) is 3.35. The molecule has 0 saturated carbocycles. The maximum atomic E-state index is 10.5. The van der Waals surface area contributed by atoms with Crippen LogP contribution in [-0.4, -0.2) is 5.66 Å². The minimum absolute atomic E-state index is 0.518. The van der Waals surface area contributed by atoms with E-state index in [0.29, 0.717) is 6.42 Å². The predicted molar refractivity (Wildman–Crippen MR) is 45.8 cm³/mol. The van der Waals surface area contributed by atoms with E-state index < -0.39 is 13.3 Å². The maximum Gasteiger partial charge on any atom is -0.0162 e. The molecule has 0 aliphatic heterocycles. The Balaban J connectivity index is 3.45. The molecule has 1 atom stereocenters. The van der Waals surface area contributed by atoms with Gasteiger partial charge in [-0.15, -0.1) is 0 Å². The van der Waals surface area contributed by atoms with Crippen LogP contribution in [0.5, 0.6) is 0 Å². The van der Waals surface area contributed by atoms with Crippen molar-refractivity contribution in [1.82, 2.24) is 0 Å². The van der Waals surface area contributed by atoms with Crippen molar-refractivity contribution in [2.24, 2.45) is 0 Å². The second-order valence-electron chi connectivity index (χ2n) is 3.24. The summed E-state index contributed by atoms with van der Waals surface area (Å²) >= 11 is 0. The number of rotatable bonds is 6. The third kappa shape index (κ3) is 5.76. The minimum Gasteiger partial charge on any atom is -0.811 e. The molecule has 1 unspecified atom stereocenters. The first-order chi connectivity index (χ1) is 5.48. The van der Waals surface area contributed by atoms with Crippen LogP contribution in [0.4, 0.5) is 0 Å². The monoisotopic (exact) mass is 192 g/mol. The molecular weight excluding hydrogens is 175 g/mol. The van der Waals surface area contributed by atoms with Gasteiger partial charge in [-0.25, -0.2) is 0 Å². The molecule has 0 bridgehead atoms. The van der Waals surface area contributed by atoms with Gasteiger partial charge in [0.1, 0.15) is 0 Å². The topological polar surface area (TPSA) is 63.2 Å². The summed E-state index contributed by atoms with van der Waals surface area (Å²) in [5, 5.41) is 0. The molecule has 0 aromatic heterocycles. The van der Waals surface area contributed by atoms with E-state index in [0.717, 1.165) is 25.7 Å². The van der Waals surface area contributed by atoms with Gasteiger partial charge < -0.3 is 14.4 Å². The van der Waals surface area contributed by atoms with E-state index in [1.54, 1.807) is 0 Å². The van der Waals surface area contributed by atoms with Crippen molar-refractivity contribution in [1.29, 1.82) is 0 Å². The highest BCUT2D eigenvalue weighted by atomic mass is 31.2. The summed E-state index contributed by atoms with van der Waals surface area (Å²) in [4.78, 5) is 20.9. The van der Waals surface area contributed by atoms with Crippen molar-refractivity contribution >= 4 is 7.60 Å². The lowest BCUT2D eigenvalue weighted by Crippen LogP contribution is -2.23. The second-order valence-corrected chi connectivity index (χ2v) is 5.20. The van der Waals surface area contributed by atoms with E-state index in [2.05, 4.69) is 6.92 Å². The number of unbranched alkanes of at least 4 members (excludes halogenated alkanes) is 3. The van der Waals surface area contributed by atoms with Crippen molar-refractivity contribution in [3.63, 3.8) is 0 Å². The average Bonchev–Trinajstić information content (AvgIpc) is 1.96. The molecule has 0 N–H and O–H groups in total. The molecule has 3 nitrogen and oxygen atoms in total. The van der Waals surface area contributed by atoms with Crippen molar-refractivity contribution in [2.45, 2.75) is 51.6 Å². The molecule has 0 heterocycles. The van der Waals surface area contributed by atoms with E-state index in [1.807, 2.05) is 0 Å². The van der Waals surface area contributed by atoms with Crippen LogP contribution in [0.15, 0.2) is 0 Å². The van der Waals surface area contributed by atoms with Gasteiger partial charge in [0.2, 0.25) is 0 Å². The fourth-order valence-electron chi connectivity index (χ4n) is 1.02. The zero-order valence-electron chi connectivity index (χ0n) is 7.78. The summed E-state index contributed by atoms with van der Waals surface area (Å²) in [5.41, 5.74) is -0.686. The third-order valence-electron chi connectivity index (χ3n) is 2.02. The molecule has 0 saturated heterocycles. The maximum absolute atomic E-state index is 10.5. The zero-order chi connectivity index (χ0) is 9.61. The molecule has 0 fully saturated rings. The lowest BCUT2D eigenvalue weighted by molar-refractivity contribution is -0.316. The van der Waals surface area contributed by atoms with Gasteiger partial charge in [0, 0.05) is 0 Å². The van der Waals surface area contributed by atoms with Crippen LogP contribution in [0.2, 0.25) is 0 Å². The Morgan fingerprint density at radius 1 is 1.25 bits per heavy atom. The van der Waals surface area contributed by atoms with Crippen LogP contribution in [0.25, 0.3) is 0 Å². The van der Waals surface area contributed by atoms with E-state index in [1.165, 1.54) is 6.92 Å². The van der Waals surface area contributed by atoms with Crippen LogP contribution in [0.1, 0.15) is 46.0 Å². The Hall–Kier alpha value is 0.150. The van der Waals surface area contributed by atoms with Crippen LogP contribution in [0, 0.1) is 0 Å². The number of hydrogen-bond acceptors (Lipinski definition) is 3. The van der Waals surface area contributed by atoms with E-state index >= 15 is 0 Å². The molecule has 4 heteroatoms. The molecule has 0 amide bonds. The fraction of sp³-hybridized carbons (Fsp3) is 1.00. The largest absolute Gasteiger partial charge is 0.811 e. The highest BCUT2D eigenvalue weighted by Crippen LogP contribution is 2.34. The van der Waals surface area contributed by atoms with Gasteiger partial charge >= 0.3 is 0 Å². The molecule has 0 spiro atoms. The second kappa shape index (κ2) is 5.74. The van der Waals surface area contributed by atoms with E-state index in [4.69, 9.17) is 0 Å². The SMILES string of the molecule is CCCCCCC(C)P(=O)([O-])[O-]. The molecule has 74 valence electrons. The van der Waals surface area contributed by atoms with E-state index in [9.17, 15) is 14.4 Å². The average molecular weight is 192 g/mol. The van der Waals surface area contributed by atoms with Crippen LogP contribution >= 0.6 is 7.60 Å². The highest BCUT2D eigenvalue weighted by molar-refractivity contribution is 7.49. The van der Waals surface area contributed by atoms with Crippen LogP contribution in [-0.2, 0) is 4.57 Å². The summed E-state index contributed by atoms with van der Waals surface area (Å²) < 4.78 is 10.5. The van der Waals surface area contributed by atoms with Crippen molar-refractivity contribution < 1.29 is 14.4 Å². The molecule has 0 radical (unpaired) electrons. The first kappa shape index (κ1) is 12.2. The summed E-state index contributed by atoms with van der Waals surface area (Å²) in [6.45, 7) is 3.59. The van der Waals surface area contributed by atoms with E-state index in [-0.39, 0.29) is 0 Å². The Morgan fingerprint density at radius 2 is 1.83 bits per heavy atom. The number of hydrogen-bond donors (Lipinski definition) is 0. The van der Waals surface area contributed by atoms with Gasteiger partial charge in [-0.05, 0) is 12.1 Å². The van der Waals surface area contributed by atoms with Gasteiger partial charge in [0.15, 0.2) is 0 Å². The standard InChI is InChI=1S/C8H19O3P/c1-3-4-5-6-7-8(2)12(9,10)11/h8H,3-7H2,1-2H3,(H2,9,10,11)/p-2. The Kier molecular flexibility index (Phi) is 5.81. The van der Waals surface area contributed by atoms with Crippen molar-refractivity contribution in [2.75, 3.05) is 0 Å². The molecule has 0 aliphatic rings. The van der Waals surface area contributed by atoms with Crippen molar-refractivity contribution in [3.05, 3.63) is 0 Å². The first-order valence-electron chi connectivity index (χ1n) is 4.50. The Labute approximate surface area is 74.3 Å². The summed E-state index contributed by atoms with van der Waals surface area (Å²) in [5.74, 6) is 0. The van der Waals surface area contributed by atoms with Gasteiger partial charge in [-0.1, -0.05) is 47.1 Å². The fourth-order valence-corrected chi connectivity index (χ4v) is 1.52. The summed E-state index contributed by atoms with van der Waals surface area (Å²) in [7, 11) is -4.31. The smallest absolute Gasteiger partial charge is 0.0162 e. The van der Waals surface area contributed by atoms with Gasteiger partial charge in [0.05, 0.1) is 0 Å². The lowest BCUT2D eigenvalue weighted by atomic mass is 10.1. The minimum atomic E-state index is -4.31. The van der Waals surface area contributed by atoms with Crippen LogP contribution < -0.4 is 9.79 Å². The Bertz CT molecular complexity index is 152. The molecule has 12 heavy (non-hydrogen) atoms. The summed E-state index contributed by atoms with van der Waals surface area (Å²) in [6.07, 6.45) is 4.64. The molecule has 0 aromatic carbocycles. The first-order valence-corrected chi connectivity index (χ1v) is 6.11. The Morgan fingerprint density at radius 3 is 2.25 bits per heavy atom. The highest BCUT2D eigenvalue weighted by Gasteiger charge is 2.04. The van der Waals surface area contributed by atoms with Gasteiger partial charge in [0.25, 0.3) is 0 Å². The lowest BCUT2D eigenvalue weighted by Gasteiger charge is -2.36. The van der Waals surface area contributed by atoms with Crippen LogP contribution in [0.3, 0.4) is 0 Å². The summed E-state index contributed by atoms with van der Waals surface area (Å²) in [6, 6.07) is 0. The quantitative estimate of drug-likeness (QED) is 0.470. The zero-order valence-corrected chi connectivity index (χ0v) is 8.68. The molecule has 0 aromatic rings. The molecular formula is C8H17O3P-2. The van der Waals surface area contributed by atoms with Gasteiger partial charge in [-0.3, -0.25) is 0 Å². The van der Waals surface area contributed by atoms with Gasteiger partial charge in [-0.2, -0.15) is 0 Å². The van der Waals surface area contributed by atoms with Crippen molar-refractivity contribution in [3.8, 4) is 0 Å². The normalized spacial score (nSPS) is 14.7. The molecule has 0 rings (SSSR count). The molecule has 0 aliphatic carbocycles.